The molecule has 1 heteroatoms. The molecule has 0 aromatic heterocycles. The highest BCUT2D eigenvalue weighted by Gasteiger charge is 2.27. The second-order valence-electron chi connectivity index (χ2n) is 4.89. The van der Waals surface area contributed by atoms with Crippen molar-refractivity contribution >= 4 is 0 Å². The van der Waals surface area contributed by atoms with E-state index in [9.17, 15) is 0 Å². The van der Waals surface area contributed by atoms with Gasteiger partial charge >= 0.3 is 0 Å². The molecule has 2 fully saturated rings. The summed E-state index contributed by atoms with van der Waals surface area (Å²) in [6, 6.07) is 0.839. The average Bonchev–Trinajstić information content (AvgIpc) is 2.25. The van der Waals surface area contributed by atoms with Gasteiger partial charge in [-0.25, -0.2) is 0 Å². The lowest BCUT2D eigenvalue weighted by molar-refractivity contribution is 0.120. The molecule has 2 heterocycles. The maximum atomic E-state index is 4.16. The molecule has 1 nitrogen and oxygen atoms in total. The van der Waals surface area contributed by atoms with Crippen LogP contribution < -0.4 is 0 Å². The van der Waals surface area contributed by atoms with E-state index in [1.165, 1.54) is 50.8 Å². The Morgan fingerprint density at radius 1 is 1.38 bits per heavy atom. The minimum absolute atomic E-state index is 0.839. The fourth-order valence-corrected chi connectivity index (χ4v) is 2.77. The summed E-state index contributed by atoms with van der Waals surface area (Å²) in [4.78, 5) is 2.70. The molecule has 0 saturated carbocycles. The van der Waals surface area contributed by atoms with E-state index in [1.807, 2.05) is 0 Å². The van der Waals surface area contributed by atoms with Gasteiger partial charge in [0.2, 0.25) is 0 Å². The van der Waals surface area contributed by atoms with E-state index in [-0.39, 0.29) is 0 Å². The van der Waals surface area contributed by atoms with E-state index >= 15 is 0 Å². The largest absolute Gasteiger partial charge is 0.300 e. The van der Waals surface area contributed by atoms with Crippen molar-refractivity contribution in [3.63, 3.8) is 0 Å². The first kappa shape index (κ1) is 9.26. The Labute approximate surface area is 81.8 Å². The lowest BCUT2D eigenvalue weighted by Crippen LogP contribution is -2.42. The van der Waals surface area contributed by atoms with E-state index in [0.717, 1.165) is 12.0 Å². The molecule has 2 aliphatic rings. The maximum Gasteiger partial charge on any atom is 0.0132 e. The summed E-state index contributed by atoms with van der Waals surface area (Å²) in [7, 11) is 0. The van der Waals surface area contributed by atoms with Gasteiger partial charge in [-0.3, -0.25) is 4.90 Å². The third kappa shape index (κ3) is 2.14. The highest BCUT2D eigenvalue weighted by atomic mass is 15.2. The second-order valence-corrected chi connectivity index (χ2v) is 4.89. The third-order valence-corrected chi connectivity index (χ3v) is 3.56. The summed E-state index contributed by atoms with van der Waals surface area (Å²) in [5.74, 6) is 0.919. The Kier molecular flexibility index (Phi) is 2.73. The molecule has 0 radical (unpaired) electrons. The Hall–Kier alpha value is -0.300. The number of hydrogen-bond acceptors (Lipinski definition) is 1. The van der Waals surface area contributed by atoms with E-state index in [0.29, 0.717) is 0 Å². The molecule has 0 aromatic rings. The minimum atomic E-state index is 0.839. The van der Waals surface area contributed by atoms with Crippen molar-refractivity contribution in [3.05, 3.63) is 12.2 Å². The highest BCUT2D eigenvalue weighted by Crippen LogP contribution is 2.29. The summed E-state index contributed by atoms with van der Waals surface area (Å²) in [5, 5.41) is 0. The topological polar surface area (TPSA) is 3.24 Å². The second kappa shape index (κ2) is 3.83. The van der Waals surface area contributed by atoms with Gasteiger partial charge in [-0.1, -0.05) is 19.1 Å². The predicted molar refractivity (Wildman–Crippen MR) is 56.8 cm³/mol. The molecule has 0 aliphatic carbocycles. The van der Waals surface area contributed by atoms with Crippen molar-refractivity contribution in [2.24, 2.45) is 5.92 Å². The SMILES string of the molecule is C=C1CCCN2CC(C)CC[C@H]2C1. The van der Waals surface area contributed by atoms with E-state index in [1.54, 1.807) is 0 Å². The van der Waals surface area contributed by atoms with Crippen LogP contribution in [-0.4, -0.2) is 24.0 Å². The zero-order chi connectivity index (χ0) is 9.26. The summed E-state index contributed by atoms with van der Waals surface area (Å²) in [6.45, 7) is 9.19. The fourth-order valence-electron chi connectivity index (χ4n) is 2.77. The van der Waals surface area contributed by atoms with E-state index in [4.69, 9.17) is 0 Å². The summed E-state index contributed by atoms with van der Waals surface area (Å²) in [5.41, 5.74) is 1.49. The van der Waals surface area contributed by atoms with Crippen LogP contribution in [0.15, 0.2) is 12.2 Å². The smallest absolute Gasteiger partial charge is 0.0132 e. The molecular formula is C12H21N. The molecule has 74 valence electrons. The molecule has 2 saturated heterocycles. The van der Waals surface area contributed by atoms with Crippen molar-refractivity contribution in [3.8, 4) is 0 Å². The lowest BCUT2D eigenvalue weighted by Gasteiger charge is -2.37. The van der Waals surface area contributed by atoms with Crippen LogP contribution in [0.5, 0.6) is 0 Å². The molecule has 2 rings (SSSR count). The van der Waals surface area contributed by atoms with Crippen LogP contribution in [0.25, 0.3) is 0 Å². The minimum Gasteiger partial charge on any atom is -0.300 e. The third-order valence-electron chi connectivity index (χ3n) is 3.56. The lowest BCUT2D eigenvalue weighted by atomic mass is 9.91. The first-order chi connectivity index (χ1) is 6.25. The fraction of sp³-hybridized carbons (Fsp3) is 0.833. The zero-order valence-electron chi connectivity index (χ0n) is 8.76. The van der Waals surface area contributed by atoms with Crippen molar-refractivity contribution in [2.75, 3.05) is 13.1 Å². The van der Waals surface area contributed by atoms with Crippen molar-refractivity contribution in [1.82, 2.24) is 4.90 Å². The summed E-state index contributed by atoms with van der Waals surface area (Å²) in [6.07, 6.45) is 6.70. The Bertz CT molecular complexity index is 197. The molecule has 0 bridgehead atoms. The Morgan fingerprint density at radius 3 is 3.08 bits per heavy atom. The van der Waals surface area contributed by atoms with Gasteiger partial charge in [-0.2, -0.15) is 0 Å². The van der Waals surface area contributed by atoms with Gasteiger partial charge in [0.1, 0.15) is 0 Å². The predicted octanol–water partition coefficient (Wildman–Crippen LogP) is 2.83. The van der Waals surface area contributed by atoms with Gasteiger partial charge in [0.15, 0.2) is 0 Å². The molecule has 0 N–H and O–H groups in total. The van der Waals surface area contributed by atoms with Crippen LogP contribution in [0.3, 0.4) is 0 Å². The average molecular weight is 179 g/mol. The quantitative estimate of drug-likeness (QED) is 0.517. The standard InChI is InChI=1S/C12H21N/c1-10-4-3-7-13-9-11(2)5-6-12(13)8-10/h11-12H,1,3-9H2,2H3/t11?,12-/m0/s1. The normalized spacial score (nSPS) is 36.8. The molecule has 0 aromatic carbocycles. The number of rotatable bonds is 0. The molecule has 0 spiro atoms. The highest BCUT2D eigenvalue weighted by molar-refractivity contribution is 5.01. The van der Waals surface area contributed by atoms with Crippen molar-refractivity contribution in [1.29, 1.82) is 0 Å². The van der Waals surface area contributed by atoms with Crippen LogP contribution in [0.2, 0.25) is 0 Å². The van der Waals surface area contributed by atoms with Gasteiger partial charge in [0.05, 0.1) is 0 Å². The number of fused-ring (bicyclic) bond motifs is 1. The van der Waals surface area contributed by atoms with Gasteiger partial charge in [-0.15, -0.1) is 0 Å². The van der Waals surface area contributed by atoms with Gasteiger partial charge < -0.3 is 0 Å². The van der Waals surface area contributed by atoms with Crippen LogP contribution in [-0.2, 0) is 0 Å². The molecule has 2 aliphatic heterocycles. The summed E-state index contributed by atoms with van der Waals surface area (Å²) < 4.78 is 0. The molecule has 2 atom stereocenters. The monoisotopic (exact) mass is 179 g/mol. The van der Waals surface area contributed by atoms with Crippen molar-refractivity contribution < 1.29 is 0 Å². The zero-order valence-corrected chi connectivity index (χ0v) is 8.76. The van der Waals surface area contributed by atoms with Crippen LogP contribution in [0, 0.1) is 5.92 Å². The van der Waals surface area contributed by atoms with Crippen molar-refractivity contribution in [2.45, 2.75) is 45.1 Å². The van der Waals surface area contributed by atoms with Gasteiger partial charge in [0, 0.05) is 12.6 Å². The van der Waals surface area contributed by atoms with Crippen LogP contribution in [0.1, 0.15) is 39.0 Å². The number of piperidine rings is 1. The van der Waals surface area contributed by atoms with Gasteiger partial charge in [-0.05, 0) is 44.6 Å². The Balaban J connectivity index is 2.01. The Morgan fingerprint density at radius 2 is 2.23 bits per heavy atom. The maximum absolute atomic E-state index is 4.16. The van der Waals surface area contributed by atoms with Crippen LogP contribution >= 0.6 is 0 Å². The van der Waals surface area contributed by atoms with Gasteiger partial charge in [0.25, 0.3) is 0 Å². The first-order valence-electron chi connectivity index (χ1n) is 5.66. The molecule has 13 heavy (non-hydrogen) atoms. The van der Waals surface area contributed by atoms with E-state index < -0.39 is 0 Å². The number of hydrogen-bond donors (Lipinski definition) is 0. The van der Waals surface area contributed by atoms with Crippen LogP contribution in [0.4, 0.5) is 0 Å². The molecule has 0 amide bonds. The van der Waals surface area contributed by atoms with E-state index in [2.05, 4.69) is 18.4 Å². The first-order valence-corrected chi connectivity index (χ1v) is 5.66. The molecular weight excluding hydrogens is 158 g/mol. The molecule has 1 unspecified atom stereocenters. The number of nitrogens with zero attached hydrogens (tertiary/aromatic N) is 1. The summed E-state index contributed by atoms with van der Waals surface area (Å²) >= 11 is 0.